The smallest absolute Gasteiger partial charge is 0.330 e. The van der Waals surface area contributed by atoms with Crippen LogP contribution in [0.3, 0.4) is 0 Å². The van der Waals surface area contributed by atoms with E-state index in [1.165, 1.54) is 0 Å². The number of benzene rings is 1. The minimum Gasteiger partial charge on any atom is -0.330 e. The van der Waals surface area contributed by atoms with Crippen LogP contribution in [0.5, 0.6) is 0 Å². The van der Waals surface area contributed by atoms with Crippen LogP contribution in [0.2, 0.25) is 0 Å². The van der Waals surface area contributed by atoms with E-state index in [0.29, 0.717) is 6.54 Å². The Morgan fingerprint density at radius 1 is 1.22 bits per heavy atom. The van der Waals surface area contributed by atoms with E-state index in [1.54, 1.807) is 12.1 Å². The van der Waals surface area contributed by atoms with Crippen molar-refractivity contribution in [1.29, 1.82) is 0 Å². The number of hydrogen-bond donors (Lipinski definition) is 2. The molecule has 18 heavy (non-hydrogen) atoms. The van der Waals surface area contributed by atoms with Gasteiger partial charge >= 0.3 is 6.18 Å². The van der Waals surface area contributed by atoms with Crippen LogP contribution in [0, 0.1) is 0 Å². The van der Waals surface area contributed by atoms with E-state index in [2.05, 4.69) is 5.32 Å². The SMILES string of the molecule is NCCC1(c2ccc(C(F)(F)F)cc2)CCCN1. The predicted octanol–water partition coefficient (Wildman–Crippen LogP) is 2.63. The largest absolute Gasteiger partial charge is 0.416 e. The maximum absolute atomic E-state index is 12.5. The molecule has 0 saturated carbocycles. The van der Waals surface area contributed by atoms with Crippen LogP contribution in [0.15, 0.2) is 24.3 Å². The fourth-order valence-corrected chi connectivity index (χ4v) is 2.63. The summed E-state index contributed by atoms with van der Waals surface area (Å²) in [5, 5.41) is 3.38. The van der Waals surface area contributed by atoms with Gasteiger partial charge in [-0.15, -0.1) is 0 Å². The summed E-state index contributed by atoms with van der Waals surface area (Å²) in [5.74, 6) is 0. The summed E-state index contributed by atoms with van der Waals surface area (Å²) < 4.78 is 37.5. The minimum atomic E-state index is -4.28. The molecule has 0 aromatic heterocycles. The van der Waals surface area contributed by atoms with Crippen molar-refractivity contribution in [3.63, 3.8) is 0 Å². The van der Waals surface area contributed by atoms with E-state index in [0.717, 1.165) is 43.5 Å². The molecule has 1 atom stereocenters. The van der Waals surface area contributed by atoms with Crippen LogP contribution in [0.1, 0.15) is 30.4 Å². The van der Waals surface area contributed by atoms with Crippen molar-refractivity contribution in [2.24, 2.45) is 5.73 Å². The normalized spacial score (nSPS) is 24.4. The van der Waals surface area contributed by atoms with Crippen molar-refractivity contribution in [1.82, 2.24) is 5.32 Å². The molecule has 0 bridgehead atoms. The molecule has 1 aromatic rings. The Hall–Kier alpha value is -1.07. The van der Waals surface area contributed by atoms with Crippen molar-refractivity contribution in [2.75, 3.05) is 13.1 Å². The molecule has 1 aliphatic heterocycles. The van der Waals surface area contributed by atoms with Gasteiger partial charge in [-0.2, -0.15) is 13.2 Å². The van der Waals surface area contributed by atoms with Gasteiger partial charge in [0.05, 0.1) is 5.56 Å². The zero-order chi connectivity index (χ0) is 13.2. The highest BCUT2D eigenvalue weighted by Gasteiger charge is 2.35. The number of hydrogen-bond acceptors (Lipinski definition) is 2. The van der Waals surface area contributed by atoms with Gasteiger partial charge in [-0.3, -0.25) is 0 Å². The van der Waals surface area contributed by atoms with Crippen molar-refractivity contribution in [3.05, 3.63) is 35.4 Å². The molecule has 1 aromatic carbocycles. The maximum atomic E-state index is 12.5. The summed E-state index contributed by atoms with van der Waals surface area (Å²) in [7, 11) is 0. The monoisotopic (exact) mass is 258 g/mol. The van der Waals surface area contributed by atoms with Gasteiger partial charge in [-0.25, -0.2) is 0 Å². The van der Waals surface area contributed by atoms with Crippen LogP contribution in [-0.2, 0) is 11.7 Å². The first-order valence-corrected chi connectivity index (χ1v) is 6.11. The number of nitrogens with one attached hydrogen (secondary N) is 1. The molecule has 1 unspecified atom stereocenters. The zero-order valence-corrected chi connectivity index (χ0v) is 10.1. The first-order chi connectivity index (χ1) is 8.48. The van der Waals surface area contributed by atoms with Crippen LogP contribution < -0.4 is 11.1 Å². The molecule has 0 amide bonds. The van der Waals surface area contributed by atoms with Gasteiger partial charge < -0.3 is 11.1 Å². The Morgan fingerprint density at radius 2 is 1.89 bits per heavy atom. The van der Waals surface area contributed by atoms with Gasteiger partial charge in [0.1, 0.15) is 0 Å². The number of rotatable bonds is 3. The fraction of sp³-hybridized carbons (Fsp3) is 0.538. The topological polar surface area (TPSA) is 38.0 Å². The van der Waals surface area contributed by atoms with Gasteiger partial charge in [0.2, 0.25) is 0 Å². The zero-order valence-electron chi connectivity index (χ0n) is 10.1. The minimum absolute atomic E-state index is 0.237. The Kier molecular flexibility index (Phi) is 3.64. The fourth-order valence-electron chi connectivity index (χ4n) is 2.63. The summed E-state index contributed by atoms with van der Waals surface area (Å²) in [6.07, 6.45) is -1.57. The molecule has 0 radical (unpaired) electrons. The first-order valence-electron chi connectivity index (χ1n) is 6.11. The number of halogens is 3. The third-order valence-corrected chi connectivity index (χ3v) is 3.58. The summed E-state index contributed by atoms with van der Waals surface area (Å²) >= 11 is 0. The summed E-state index contributed by atoms with van der Waals surface area (Å²) in [6, 6.07) is 5.43. The van der Waals surface area contributed by atoms with Crippen molar-refractivity contribution in [3.8, 4) is 0 Å². The number of nitrogens with two attached hydrogens (primary N) is 1. The summed E-state index contributed by atoms with van der Waals surface area (Å²) in [6.45, 7) is 1.41. The molecule has 2 nitrogen and oxygen atoms in total. The van der Waals surface area contributed by atoms with Crippen LogP contribution in [-0.4, -0.2) is 13.1 Å². The van der Waals surface area contributed by atoms with E-state index in [-0.39, 0.29) is 5.54 Å². The molecule has 1 saturated heterocycles. The molecular formula is C13H17F3N2. The van der Waals surface area contributed by atoms with Gasteiger partial charge in [0, 0.05) is 5.54 Å². The molecular weight excluding hydrogens is 241 g/mol. The molecule has 100 valence electrons. The van der Waals surface area contributed by atoms with Gasteiger partial charge in [0.25, 0.3) is 0 Å². The van der Waals surface area contributed by atoms with Crippen LogP contribution in [0.25, 0.3) is 0 Å². The second-order valence-corrected chi connectivity index (χ2v) is 4.73. The van der Waals surface area contributed by atoms with Crippen molar-refractivity contribution >= 4 is 0 Å². The second-order valence-electron chi connectivity index (χ2n) is 4.73. The van der Waals surface area contributed by atoms with Crippen LogP contribution >= 0.6 is 0 Å². The highest BCUT2D eigenvalue weighted by Crippen LogP contribution is 2.36. The Morgan fingerprint density at radius 3 is 2.33 bits per heavy atom. The van der Waals surface area contributed by atoms with Crippen LogP contribution in [0.4, 0.5) is 13.2 Å². The summed E-state index contributed by atoms with van der Waals surface area (Å²) in [5.41, 5.74) is 5.67. The maximum Gasteiger partial charge on any atom is 0.416 e. The molecule has 1 aliphatic rings. The highest BCUT2D eigenvalue weighted by molar-refractivity contribution is 5.31. The van der Waals surface area contributed by atoms with Gasteiger partial charge in [-0.1, -0.05) is 12.1 Å². The average molecular weight is 258 g/mol. The highest BCUT2D eigenvalue weighted by atomic mass is 19.4. The summed E-state index contributed by atoms with van der Waals surface area (Å²) in [4.78, 5) is 0. The average Bonchev–Trinajstić information content (AvgIpc) is 2.78. The lowest BCUT2D eigenvalue weighted by atomic mass is 9.85. The van der Waals surface area contributed by atoms with E-state index >= 15 is 0 Å². The molecule has 2 rings (SSSR count). The van der Waals surface area contributed by atoms with E-state index in [9.17, 15) is 13.2 Å². The third kappa shape index (κ3) is 2.52. The van der Waals surface area contributed by atoms with Crippen molar-refractivity contribution < 1.29 is 13.2 Å². The molecule has 5 heteroatoms. The number of alkyl halides is 3. The molecule has 0 spiro atoms. The van der Waals surface area contributed by atoms with Crippen molar-refractivity contribution in [2.45, 2.75) is 31.0 Å². The second kappa shape index (κ2) is 4.90. The van der Waals surface area contributed by atoms with Gasteiger partial charge in [0.15, 0.2) is 0 Å². The molecule has 0 aliphatic carbocycles. The molecule has 1 heterocycles. The lowest BCUT2D eigenvalue weighted by molar-refractivity contribution is -0.137. The molecule has 3 N–H and O–H groups in total. The first kappa shape index (κ1) is 13.4. The Balaban J connectivity index is 2.27. The quantitative estimate of drug-likeness (QED) is 0.874. The predicted molar refractivity (Wildman–Crippen MR) is 64.0 cm³/mol. The van der Waals surface area contributed by atoms with E-state index < -0.39 is 11.7 Å². The molecule has 1 fully saturated rings. The Labute approximate surface area is 104 Å². The standard InChI is InChI=1S/C13H17F3N2/c14-13(15,16)11-4-2-10(3-5-11)12(7-8-17)6-1-9-18-12/h2-5,18H,1,6-9,17H2. The third-order valence-electron chi connectivity index (χ3n) is 3.58. The van der Waals surface area contributed by atoms with E-state index in [4.69, 9.17) is 5.73 Å². The lowest BCUT2D eigenvalue weighted by Gasteiger charge is -2.30. The van der Waals surface area contributed by atoms with E-state index in [1.807, 2.05) is 0 Å². The lowest BCUT2D eigenvalue weighted by Crippen LogP contribution is -2.38. The Bertz CT molecular complexity index is 392. The van der Waals surface area contributed by atoms with Gasteiger partial charge in [-0.05, 0) is 50.0 Å².